The smallest absolute Gasteiger partial charge is 0.200 e. The van der Waals surface area contributed by atoms with Gasteiger partial charge in [-0.3, -0.25) is 4.79 Å². The molecule has 0 saturated carbocycles. The zero-order valence-corrected chi connectivity index (χ0v) is 18.2. The molecule has 0 fully saturated rings. The van der Waals surface area contributed by atoms with E-state index >= 15 is 0 Å². The number of ether oxygens (including phenoxy) is 2. The van der Waals surface area contributed by atoms with Gasteiger partial charge in [-0.25, -0.2) is 0 Å². The molecule has 3 aliphatic rings. The first-order valence-electron chi connectivity index (χ1n) is 10.7. The van der Waals surface area contributed by atoms with Gasteiger partial charge in [0.15, 0.2) is 22.5 Å². The van der Waals surface area contributed by atoms with Crippen molar-refractivity contribution in [2.75, 3.05) is 0 Å². The van der Waals surface area contributed by atoms with Crippen LogP contribution in [0, 0.1) is 5.92 Å². The number of hydrogen-bond donors (Lipinski definition) is 4. The summed E-state index contributed by atoms with van der Waals surface area (Å²) < 4.78 is 17.7. The molecule has 2 aromatic carbocycles. The lowest BCUT2D eigenvalue weighted by Gasteiger charge is -2.39. The summed E-state index contributed by atoms with van der Waals surface area (Å²) in [6, 6.07) is 2.52. The number of rotatable bonds is 0. The Balaban J connectivity index is 1.73. The topological polar surface area (TPSA) is 130 Å². The van der Waals surface area contributed by atoms with Gasteiger partial charge in [-0.2, -0.15) is 0 Å². The Morgan fingerprint density at radius 1 is 1.09 bits per heavy atom. The first kappa shape index (κ1) is 20.0. The van der Waals surface area contributed by atoms with E-state index in [1.165, 1.54) is 6.07 Å². The predicted octanol–water partition coefficient (Wildman–Crippen LogP) is 3.75. The maximum Gasteiger partial charge on any atom is 0.200 e. The lowest BCUT2D eigenvalue weighted by Crippen LogP contribution is -2.37. The molecule has 6 rings (SSSR count). The van der Waals surface area contributed by atoms with E-state index in [2.05, 4.69) is 0 Å². The van der Waals surface area contributed by atoms with Crippen molar-refractivity contribution in [1.82, 2.24) is 0 Å². The van der Waals surface area contributed by atoms with E-state index < -0.39 is 29.2 Å². The normalized spacial score (nSPS) is 23.8. The second-order valence-corrected chi connectivity index (χ2v) is 9.50. The summed E-state index contributed by atoms with van der Waals surface area (Å²) in [5.41, 5.74) is 0.646. The summed E-state index contributed by atoms with van der Waals surface area (Å²) in [6.07, 6.45) is 2.62. The molecule has 1 aliphatic carbocycles. The van der Waals surface area contributed by atoms with Crippen LogP contribution in [0.15, 0.2) is 27.4 Å². The highest BCUT2D eigenvalue weighted by atomic mass is 16.6. The van der Waals surface area contributed by atoms with Gasteiger partial charge in [-0.15, -0.1) is 0 Å². The van der Waals surface area contributed by atoms with Crippen molar-refractivity contribution < 1.29 is 34.3 Å². The van der Waals surface area contributed by atoms with E-state index in [1.54, 1.807) is 13.0 Å². The van der Waals surface area contributed by atoms with Crippen LogP contribution in [0.4, 0.5) is 0 Å². The fourth-order valence-electron chi connectivity index (χ4n) is 5.18. The maximum absolute atomic E-state index is 13.6. The quantitative estimate of drug-likeness (QED) is 0.408. The summed E-state index contributed by atoms with van der Waals surface area (Å²) >= 11 is 0. The summed E-state index contributed by atoms with van der Waals surface area (Å²) in [4.78, 5) is 13.6. The first-order valence-corrected chi connectivity index (χ1v) is 10.7. The summed E-state index contributed by atoms with van der Waals surface area (Å²) in [5.74, 6) is -1.07. The Morgan fingerprint density at radius 3 is 2.61 bits per heavy atom. The van der Waals surface area contributed by atoms with Gasteiger partial charge in [-0.1, -0.05) is 6.92 Å². The highest BCUT2D eigenvalue weighted by Gasteiger charge is 2.44. The van der Waals surface area contributed by atoms with Crippen molar-refractivity contribution >= 4 is 17.0 Å². The largest absolute Gasteiger partial charge is 0.507 e. The molecule has 0 unspecified atom stereocenters. The minimum Gasteiger partial charge on any atom is -0.507 e. The van der Waals surface area contributed by atoms with Gasteiger partial charge in [0, 0.05) is 35.1 Å². The van der Waals surface area contributed by atoms with Gasteiger partial charge in [0.25, 0.3) is 0 Å². The highest BCUT2D eigenvalue weighted by Crippen LogP contribution is 2.57. The first-order chi connectivity index (χ1) is 15.6. The Kier molecular flexibility index (Phi) is 3.77. The minimum absolute atomic E-state index is 0.0302. The molecule has 0 radical (unpaired) electrons. The van der Waals surface area contributed by atoms with E-state index in [0.717, 1.165) is 6.07 Å². The monoisotopic (exact) mass is 450 g/mol. The van der Waals surface area contributed by atoms with Gasteiger partial charge >= 0.3 is 0 Å². The van der Waals surface area contributed by atoms with Crippen LogP contribution in [0.2, 0.25) is 0 Å². The molecular weight excluding hydrogens is 428 g/mol. The molecule has 170 valence electrons. The number of fused-ring (bicyclic) bond motifs is 5. The van der Waals surface area contributed by atoms with Crippen molar-refractivity contribution in [1.29, 1.82) is 0 Å². The van der Waals surface area contributed by atoms with E-state index in [4.69, 9.17) is 13.9 Å². The van der Waals surface area contributed by atoms with Crippen LogP contribution in [0.3, 0.4) is 0 Å². The zero-order chi connectivity index (χ0) is 23.4. The number of aromatic hydroxyl groups is 3. The Hall–Kier alpha value is -3.65. The van der Waals surface area contributed by atoms with Crippen LogP contribution in [0.1, 0.15) is 43.4 Å². The molecule has 8 nitrogen and oxygen atoms in total. The van der Waals surface area contributed by atoms with E-state index in [-0.39, 0.29) is 57.3 Å². The average Bonchev–Trinajstić information content (AvgIpc) is 2.73. The molecule has 0 spiro atoms. The van der Waals surface area contributed by atoms with E-state index in [1.807, 2.05) is 19.9 Å². The van der Waals surface area contributed by atoms with Crippen molar-refractivity contribution in [3.8, 4) is 40.1 Å². The fourth-order valence-corrected chi connectivity index (χ4v) is 5.18. The Labute approximate surface area is 187 Å². The lowest BCUT2D eigenvalue weighted by molar-refractivity contribution is -0.0785. The van der Waals surface area contributed by atoms with E-state index in [0.29, 0.717) is 16.9 Å². The third-order valence-electron chi connectivity index (χ3n) is 6.89. The molecule has 33 heavy (non-hydrogen) atoms. The molecule has 3 heterocycles. The molecule has 4 N–H and O–H groups in total. The van der Waals surface area contributed by atoms with Gasteiger partial charge < -0.3 is 34.3 Å². The number of benzene rings is 2. The number of hydrogen-bond acceptors (Lipinski definition) is 8. The molecule has 3 aromatic rings. The third-order valence-corrected chi connectivity index (χ3v) is 6.89. The van der Waals surface area contributed by atoms with E-state index in [9.17, 15) is 25.2 Å². The van der Waals surface area contributed by atoms with Crippen molar-refractivity contribution in [3.63, 3.8) is 0 Å². The molecule has 0 bridgehead atoms. The Bertz CT molecular complexity index is 1460. The second kappa shape index (κ2) is 6.23. The maximum atomic E-state index is 13.6. The third kappa shape index (κ3) is 2.58. The van der Waals surface area contributed by atoms with Crippen molar-refractivity contribution in [3.05, 3.63) is 45.1 Å². The van der Waals surface area contributed by atoms with Crippen LogP contribution in [0.25, 0.3) is 28.4 Å². The molecule has 1 aromatic heterocycles. The SMILES string of the molecule is C[C@@H]1[C@H](O)Oc2c(O)cc(O)c3c2[C@H]1Cc1c-3oc2c3c(cc(O)c2c1=O)OC(C)(C)C=C3. The number of phenols is 3. The highest BCUT2D eigenvalue weighted by molar-refractivity contribution is 5.96. The minimum atomic E-state index is -1.19. The second-order valence-electron chi connectivity index (χ2n) is 9.50. The lowest BCUT2D eigenvalue weighted by atomic mass is 9.73. The average molecular weight is 450 g/mol. The number of aliphatic hydroxyl groups is 1. The molecule has 8 heteroatoms. The molecule has 3 atom stereocenters. The summed E-state index contributed by atoms with van der Waals surface area (Å²) in [7, 11) is 0. The Morgan fingerprint density at radius 2 is 1.85 bits per heavy atom. The summed E-state index contributed by atoms with van der Waals surface area (Å²) in [5, 5.41) is 42.3. The predicted molar refractivity (Wildman–Crippen MR) is 119 cm³/mol. The fraction of sp³-hybridized carbons (Fsp3) is 0.320. The van der Waals surface area contributed by atoms with Gasteiger partial charge in [0.1, 0.15) is 34.0 Å². The zero-order valence-electron chi connectivity index (χ0n) is 18.2. The molecule has 0 saturated heterocycles. The number of phenolic OH excluding ortho intramolecular Hbond substituents is 3. The number of aliphatic hydroxyl groups excluding tert-OH is 1. The van der Waals surface area contributed by atoms with Crippen molar-refractivity contribution in [2.45, 2.75) is 45.0 Å². The van der Waals surface area contributed by atoms with Crippen LogP contribution in [-0.4, -0.2) is 32.3 Å². The van der Waals surface area contributed by atoms with Crippen LogP contribution in [-0.2, 0) is 6.42 Å². The molecular formula is C25H22O8. The molecule has 2 aliphatic heterocycles. The van der Waals surface area contributed by atoms with Gasteiger partial charge in [-0.05, 0) is 32.4 Å². The summed E-state index contributed by atoms with van der Waals surface area (Å²) in [6.45, 7) is 5.51. The van der Waals surface area contributed by atoms with Crippen LogP contribution >= 0.6 is 0 Å². The van der Waals surface area contributed by atoms with Gasteiger partial charge in [0.05, 0.1) is 11.1 Å². The van der Waals surface area contributed by atoms with Gasteiger partial charge in [0.2, 0.25) is 6.29 Å². The van der Waals surface area contributed by atoms with Crippen molar-refractivity contribution in [2.24, 2.45) is 5.92 Å². The molecule has 0 amide bonds. The van der Waals surface area contributed by atoms with Crippen LogP contribution < -0.4 is 14.9 Å². The van der Waals surface area contributed by atoms with Crippen LogP contribution in [0.5, 0.6) is 28.7 Å². The standard InChI is InChI=1S/C25H22O8/c1-9-11-6-12-20(29)19-14(27)8-16-10(4-5-25(2,3)33-16)21(19)31-22(12)18-13(26)7-15(28)23(17(11)18)32-24(9)30/h4-5,7-9,11,24,26-28,30H,6H2,1-3H3/t9-,11-,24+/m0/s1.